The maximum atomic E-state index is 11.8. The van der Waals surface area contributed by atoms with E-state index in [-0.39, 0.29) is 6.61 Å². The molecule has 0 bridgehead atoms. The van der Waals surface area contributed by atoms with Crippen LogP contribution in [0.15, 0.2) is 0 Å². The number of ether oxygens (including phenoxy) is 1. The topological polar surface area (TPSA) is 49.8 Å². The van der Waals surface area contributed by atoms with E-state index >= 15 is 0 Å². The third-order valence-electron chi connectivity index (χ3n) is 2.52. The van der Waals surface area contributed by atoms with Gasteiger partial charge in [0, 0.05) is 31.2 Å². The van der Waals surface area contributed by atoms with Crippen molar-refractivity contribution >= 4 is 17.7 Å². The maximum absolute atomic E-state index is 11.8. The predicted molar refractivity (Wildman–Crippen MR) is 61.8 cm³/mol. The molecule has 0 radical (unpaired) electrons. The molecule has 1 atom stereocenters. The number of nitrogens with zero attached hydrogens (tertiary/aromatic N) is 1. The van der Waals surface area contributed by atoms with Crippen LogP contribution in [-0.2, 0) is 9.53 Å². The standard InChI is InChI=1S/C10H16F3NO3S/c11-10(12,13)7-17-4-1-2-14-3-5-18-6-8(14)9(15)16/h8H,1-7H2,(H,15,16). The van der Waals surface area contributed by atoms with Gasteiger partial charge in [0.25, 0.3) is 0 Å². The summed E-state index contributed by atoms with van der Waals surface area (Å²) in [5.74, 6) is 0.504. The van der Waals surface area contributed by atoms with Crippen LogP contribution in [0.2, 0.25) is 0 Å². The Labute approximate surface area is 107 Å². The van der Waals surface area contributed by atoms with E-state index in [9.17, 15) is 18.0 Å². The molecule has 0 spiro atoms. The number of aliphatic carboxylic acids is 1. The van der Waals surface area contributed by atoms with Crippen LogP contribution in [0.4, 0.5) is 13.2 Å². The molecule has 0 aliphatic carbocycles. The van der Waals surface area contributed by atoms with Gasteiger partial charge in [-0.05, 0) is 6.42 Å². The Morgan fingerprint density at radius 3 is 2.83 bits per heavy atom. The van der Waals surface area contributed by atoms with Gasteiger partial charge in [-0.25, -0.2) is 0 Å². The molecule has 1 heterocycles. The van der Waals surface area contributed by atoms with Crippen LogP contribution in [0.25, 0.3) is 0 Å². The van der Waals surface area contributed by atoms with Gasteiger partial charge in [-0.15, -0.1) is 0 Å². The van der Waals surface area contributed by atoms with Crippen LogP contribution in [0.5, 0.6) is 0 Å². The van der Waals surface area contributed by atoms with E-state index < -0.39 is 24.8 Å². The van der Waals surface area contributed by atoms with Gasteiger partial charge < -0.3 is 9.84 Å². The summed E-state index contributed by atoms with van der Waals surface area (Å²) in [5.41, 5.74) is 0. The second-order valence-corrected chi connectivity index (χ2v) is 5.14. The average molecular weight is 287 g/mol. The summed E-state index contributed by atoms with van der Waals surface area (Å²) < 4.78 is 39.8. The highest BCUT2D eigenvalue weighted by atomic mass is 32.2. The monoisotopic (exact) mass is 287 g/mol. The Kier molecular flexibility index (Phi) is 6.24. The van der Waals surface area contributed by atoms with Crippen LogP contribution in [-0.4, -0.2) is 66.0 Å². The van der Waals surface area contributed by atoms with Crippen LogP contribution in [0.1, 0.15) is 6.42 Å². The molecule has 4 nitrogen and oxygen atoms in total. The summed E-state index contributed by atoms with van der Waals surface area (Å²) in [6.45, 7) is -0.142. The Morgan fingerprint density at radius 2 is 2.22 bits per heavy atom. The zero-order valence-electron chi connectivity index (χ0n) is 9.78. The van der Waals surface area contributed by atoms with Gasteiger partial charge in [-0.1, -0.05) is 0 Å². The lowest BCUT2D eigenvalue weighted by molar-refractivity contribution is -0.174. The first-order valence-corrected chi connectivity index (χ1v) is 6.75. The Bertz CT molecular complexity index is 276. The molecule has 1 unspecified atom stereocenters. The Hall–Kier alpha value is -0.470. The van der Waals surface area contributed by atoms with Crippen molar-refractivity contribution in [3.63, 3.8) is 0 Å². The maximum Gasteiger partial charge on any atom is 0.411 e. The zero-order chi connectivity index (χ0) is 13.6. The van der Waals surface area contributed by atoms with E-state index in [4.69, 9.17) is 5.11 Å². The van der Waals surface area contributed by atoms with Crippen molar-refractivity contribution in [1.82, 2.24) is 4.90 Å². The summed E-state index contributed by atoms with van der Waals surface area (Å²) in [5, 5.41) is 8.98. The highest BCUT2D eigenvalue weighted by Gasteiger charge is 2.29. The number of halogens is 3. The fourth-order valence-corrected chi connectivity index (χ4v) is 2.80. The molecular formula is C10H16F3NO3S. The highest BCUT2D eigenvalue weighted by molar-refractivity contribution is 7.99. The molecule has 0 aromatic heterocycles. The van der Waals surface area contributed by atoms with Crippen molar-refractivity contribution in [2.24, 2.45) is 0 Å². The first kappa shape index (κ1) is 15.6. The van der Waals surface area contributed by atoms with Crippen molar-refractivity contribution in [3.8, 4) is 0 Å². The smallest absolute Gasteiger partial charge is 0.411 e. The fraction of sp³-hybridized carbons (Fsp3) is 0.900. The first-order chi connectivity index (χ1) is 8.40. The Balaban J connectivity index is 2.19. The molecule has 106 valence electrons. The van der Waals surface area contributed by atoms with Crippen molar-refractivity contribution in [3.05, 3.63) is 0 Å². The summed E-state index contributed by atoms with van der Waals surface area (Å²) in [4.78, 5) is 12.7. The number of carboxylic acid groups (broad SMARTS) is 1. The highest BCUT2D eigenvalue weighted by Crippen LogP contribution is 2.17. The quantitative estimate of drug-likeness (QED) is 0.750. The molecule has 1 rings (SSSR count). The second kappa shape index (κ2) is 7.20. The molecule has 18 heavy (non-hydrogen) atoms. The number of carbonyl (C=O) groups is 1. The molecule has 1 saturated heterocycles. The molecule has 1 fully saturated rings. The van der Waals surface area contributed by atoms with Crippen LogP contribution in [0, 0.1) is 0 Å². The number of alkyl halides is 3. The van der Waals surface area contributed by atoms with Crippen molar-refractivity contribution in [2.75, 3.05) is 37.8 Å². The van der Waals surface area contributed by atoms with Gasteiger partial charge >= 0.3 is 12.1 Å². The third kappa shape index (κ3) is 5.92. The van der Waals surface area contributed by atoms with Crippen molar-refractivity contribution in [2.45, 2.75) is 18.6 Å². The van der Waals surface area contributed by atoms with Gasteiger partial charge in [0.2, 0.25) is 0 Å². The molecule has 8 heteroatoms. The van der Waals surface area contributed by atoms with Gasteiger partial charge in [-0.3, -0.25) is 9.69 Å². The number of hydrogen-bond acceptors (Lipinski definition) is 4. The number of thioether (sulfide) groups is 1. The zero-order valence-corrected chi connectivity index (χ0v) is 10.6. The lowest BCUT2D eigenvalue weighted by atomic mass is 10.2. The van der Waals surface area contributed by atoms with Gasteiger partial charge in [-0.2, -0.15) is 24.9 Å². The number of hydrogen-bond donors (Lipinski definition) is 1. The summed E-state index contributed by atoms with van der Waals surface area (Å²) in [7, 11) is 0. The molecule has 0 amide bonds. The van der Waals surface area contributed by atoms with E-state index in [0.29, 0.717) is 25.3 Å². The molecule has 1 aliphatic heterocycles. The lowest BCUT2D eigenvalue weighted by Gasteiger charge is -2.32. The SMILES string of the molecule is O=C(O)C1CSCCN1CCCOCC(F)(F)F. The minimum absolute atomic E-state index is 0.00447. The molecular weight excluding hydrogens is 271 g/mol. The molecule has 0 saturated carbocycles. The van der Waals surface area contributed by atoms with Crippen LogP contribution >= 0.6 is 11.8 Å². The summed E-state index contributed by atoms with van der Waals surface area (Å²) in [6.07, 6.45) is -3.89. The van der Waals surface area contributed by atoms with Crippen molar-refractivity contribution in [1.29, 1.82) is 0 Å². The minimum Gasteiger partial charge on any atom is -0.480 e. The third-order valence-corrected chi connectivity index (χ3v) is 3.55. The first-order valence-electron chi connectivity index (χ1n) is 5.59. The van der Waals surface area contributed by atoms with E-state index in [1.807, 2.05) is 0 Å². The van der Waals surface area contributed by atoms with E-state index in [1.165, 1.54) is 0 Å². The number of carboxylic acids is 1. The van der Waals surface area contributed by atoms with Crippen molar-refractivity contribution < 1.29 is 27.8 Å². The molecule has 1 aliphatic rings. The molecule has 0 aromatic rings. The van der Waals surface area contributed by atoms with Gasteiger partial charge in [0.15, 0.2) is 0 Å². The molecule has 0 aromatic carbocycles. The van der Waals surface area contributed by atoms with Gasteiger partial charge in [0.05, 0.1) is 0 Å². The normalized spacial score (nSPS) is 22.1. The lowest BCUT2D eigenvalue weighted by Crippen LogP contribution is -2.47. The second-order valence-electron chi connectivity index (χ2n) is 3.99. The minimum atomic E-state index is -4.30. The Morgan fingerprint density at radius 1 is 1.50 bits per heavy atom. The number of rotatable bonds is 6. The fourth-order valence-electron chi connectivity index (χ4n) is 1.69. The summed E-state index contributed by atoms with van der Waals surface area (Å²) >= 11 is 1.58. The molecule has 1 N–H and O–H groups in total. The van der Waals surface area contributed by atoms with Crippen LogP contribution in [0.3, 0.4) is 0 Å². The average Bonchev–Trinajstić information content (AvgIpc) is 2.27. The van der Waals surface area contributed by atoms with Gasteiger partial charge in [0.1, 0.15) is 12.6 Å². The van der Waals surface area contributed by atoms with E-state index in [0.717, 1.165) is 5.75 Å². The van der Waals surface area contributed by atoms with E-state index in [2.05, 4.69) is 4.74 Å². The summed E-state index contributed by atoms with van der Waals surface area (Å²) in [6, 6.07) is -0.536. The van der Waals surface area contributed by atoms with E-state index in [1.54, 1.807) is 16.7 Å². The van der Waals surface area contributed by atoms with Crippen LogP contribution < -0.4 is 0 Å². The largest absolute Gasteiger partial charge is 0.480 e. The predicted octanol–water partition coefficient (Wildman–Crippen LogP) is 1.46.